The molecule has 0 amide bonds. The lowest BCUT2D eigenvalue weighted by Gasteiger charge is -2.01. The summed E-state index contributed by atoms with van der Waals surface area (Å²) in [5.74, 6) is 0. The maximum Gasteiger partial charge on any atom is 0.0743 e. The molecule has 5 N–H and O–H groups in total. The topological polar surface area (TPSA) is 62.1 Å². The molecule has 12 heavy (non-hydrogen) atoms. The van der Waals surface area contributed by atoms with Crippen LogP contribution in [0.1, 0.15) is 0 Å². The average molecular weight is 164 g/mol. The number of hydrogen-bond donors (Lipinski definition) is 4. The number of hydrazine groups is 2. The molecular weight excluding hydrogens is 152 g/mol. The minimum atomic E-state index is 0.592. The Balaban J connectivity index is 2.65. The van der Waals surface area contributed by atoms with Crippen molar-refractivity contribution >= 4 is 0 Å². The van der Waals surface area contributed by atoms with Gasteiger partial charge in [0.2, 0.25) is 0 Å². The summed E-state index contributed by atoms with van der Waals surface area (Å²) in [6, 6.07) is 0. The quantitative estimate of drug-likeness (QED) is 0.444. The Hall–Kier alpha value is -1.68. The predicted octanol–water partition coefficient (Wildman–Crippen LogP) is 0.0250. The second-order valence-electron chi connectivity index (χ2n) is 2.33. The molecule has 0 aliphatic carbocycles. The molecule has 0 spiro atoms. The summed E-state index contributed by atoms with van der Waals surface area (Å²) < 4.78 is 0. The van der Waals surface area contributed by atoms with Crippen LogP contribution < -0.4 is 22.1 Å². The van der Waals surface area contributed by atoms with Crippen molar-refractivity contribution < 1.29 is 0 Å². The second kappa shape index (κ2) is 3.64. The maximum atomic E-state index is 5.53. The molecule has 0 saturated heterocycles. The van der Waals surface area contributed by atoms with E-state index in [1.165, 1.54) is 0 Å². The van der Waals surface area contributed by atoms with Crippen LogP contribution in [0.15, 0.2) is 48.5 Å². The van der Waals surface area contributed by atoms with Gasteiger partial charge in [-0.1, -0.05) is 13.2 Å². The van der Waals surface area contributed by atoms with E-state index in [4.69, 9.17) is 5.73 Å². The van der Waals surface area contributed by atoms with Gasteiger partial charge in [0.25, 0.3) is 0 Å². The van der Waals surface area contributed by atoms with E-state index in [1.807, 2.05) is 0 Å². The summed E-state index contributed by atoms with van der Waals surface area (Å²) in [7, 11) is 0. The fourth-order valence-electron chi connectivity index (χ4n) is 0.759. The van der Waals surface area contributed by atoms with Crippen LogP contribution in [0.5, 0.6) is 0 Å². The van der Waals surface area contributed by atoms with Gasteiger partial charge in [-0.2, -0.15) is 5.53 Å². The van der Waals surface area contributed by atoms with Gasteiger partial charge in [-0.15, -0.1) is 0 Å². The Bertz CT molecular complexity index is 262. The SMILES string of the molecule is C=C/C(N)=C\C(=C)C1=CNNN1. The van der Waals surface area contributed by atoms with Gasteiger partial charge in [0.1, 0.15) is 0 Å². The molecule has 0 aromatic heterocycles. The van der Waals surface area contributed by atoms with Gasteiger partial charge in [-0.25, -0.2) is 0 Å². The van der Waals surface area contributed by atoms with Gasteiger partial charge >= 0.3 is 0 Å². The van der Waals surface area contributed by atoms with Crippen molar-refractivity contribution in [2.75, 3.05) is 0 Å². The van der Waals surface area contributed by atoms with Crippen molar-refractivity contribution in [2.45, 2.75) is 0 Å². The third-order valence-electron chi connectivity index (χ3n) is 1.41. The monoisotopic (exact) mass is 164 g/mol. The second-order valence-corrected chi connectivity index (χ2v) is 2.33. The molecule has 0 fully saturated rings. The molecular formula is C8H12N4. The Morgan fingerprint density at radius 3 is 2.83 bits per heavy atom. The van der Waals surface area contributed by atoms with E-state index in [1.54, 1.807) is 18.4 Å². The van der Waals surface area contributed by atoms with Gasteiger partial charge in [0, 0.05) is 11.9 Å². The number of nitrogens with one attached hydrogen (secondary N) is 3. The van der Waals surface area contributed by atoms with E-state index < -0.39 is 0 Å². The Labute approximate surface area is 71.5 Å². The van der Waals surface area contributed by atoms with E-state index in [-0.39, 0.29) is 0 Å². The first kappa shape index (κ1) is 8.42. The van der Waals surface area contributed by atoms with Crippen molar-refractivity contribution in [3.63, 3.8) is 0 Å². The Morgan fingerprint density at radius 2 is 2.33 bits per heavy atom. The highest BCUT2D eigenvalue weighted by atomic mass is 15.6. The third-order valence-corrected chi connectivity index (χ3v) is 1.41. The highest BCUT2D eigenvalue weighted by Gasteiger charge is 2.03. The van der Waals surface area contributed by atoms with E-state index in [2.05, 4.69) is 29.5 Å². The minimum absolute atomic E-state index is 0.592. The summed E-state index contributed by atoms with van der Waals surface area (Å²) in [5, 5.41) is 0. The average Bonchev–Trinajstić information content (AvgIpc) is 2.56. The van der Waals surface area contributed by atoms with Crippen LogP contribution in [0.2, 0.25) is 0 Å². The molecule has 4 nitrogen and oxygen atoms in total. The van der Waals surface area contributed by atoms with Gasteiger partial charge in [-0.05, 0) is 17.7 Å². The van der Waals surface area contributed by atoms with Crippen molar-refractivity contribution in [1.82, 2.24) is 16.4 Å². The molecule has 0 unspecified atom stereocenters. The van der Waals surface area contributed by atoms with Gasteiger partial charge < -0.3 is 16.6 Å². The predicted molar refractivity (Wildman–Crippen MR) is 49.1 cm³/mol. The summed E-state index contributed by atoms with van der Waals surface area (Å²) in [4.78, 5) is 0. The molecule has 1 aliphatic heterocycles. The van der Waals surface area contributed by atoms with Crippen LogP contribution in [-0.4, -0.2) is 0 Å². The van der Waals surface area contributed by atoms with Gasteiger partial charge in [-0.3, -0.25) is 0 Å². The zero-order valence-corrected chi connectivity index (χ0v) is 6.72. The summed E-state index contributed by atoms with van der Waals surface area (Å²) in [6.45, 7) is 7.34. The van der Waals surface area contributed by atoms with E-state index in [0.29, 0.717) is 5.70 Å². The molecule has 0 atom stereocenters. The van der Waals surface area contributed by atoms with Crippen LogP contribution >= 0.6 is 0 Å². The Kier molecular flexibility index (Phi) is 2.55. The summed E-state index contributed by atoms with van der Waals surface area (Å²) >= 11 is 0. The fourth-order valence-corrected chi connectivity index (χ4v) is 0.759. The van der Waals surface area contributed by atoms with Gasteiger partial charge in [0.15, 0.2) is 0 Å². The lowest BCUT2D eigenvalue weighted by molar-refractivity contribution is 0.603. The van der Waals surface area contributed by atoms with E-state index >= 15 is 0 Å². The summed E-state index contributed by atoms with van der Waals surface area (Å²) in [6.07, 6.45) is 5.07. The molecule has 1 heterocycles. The van der Waals surface area contributed by atoms with Crippen molar-refractivity contribution in [3.8, 4) is 0 Å². The van der Waals surface area contributed by atoms with E-state index in [0.717, 1.165) is 11.3 Å². The minimum Gasteiger partial charge on any atom is -0.399 e. The number of rotatable bonds is 3. The molecule has 0 radical (unpaired) electrons. The molecule has 64 valence electrons. The molecule has 4 heteroatoms. The molecule has 0 bridgehead atoms. The fraction of sp³-hybridized carbons (Fsp3) is 0. The number of hydrogen-bond acceptors (Lipinski definition) is 4. The largest absolute Gasteiger partial charge is 0.399 e. The number of allylic oxidation sites excluding steroid dienone is 2. The van der Waals surface area contributed by atoms with Gasteiger partial charge in [0.05, 0.1) is 5.70 Å². The first-order valence-electron chi connectivity index (χ1n) is 3.49. The maximum absolute atomic E-state index is 5.53. The van der Waals surface area contributed by atoms with Crippen LogP contribution in [0.4, 0.5) is 0 Å². The molecule has 0 aromatic rings. The molecule has 1 aliphatic rings. The lowest BCUT2D eigenvalue weighted by Crippen LogP contribution is -2.31. The molecule has 1 rings (SSSR count). The smallest absolute Gasteiger partial charge is 0.0743 e. The van der Waals surface area contributed by atoms with Crippen molar-refractivity contribution in [2.24, 2.45) is 5.73 Å². The standard InChI is InChI=1S/C8H12N4/c1-3-7(9)4-6(2)8-5-10-12-11-8/h3-5,10-12H,1-2,9H2/b7-4+. The van der Waals surface area contributed by atoms with Crippen LogP contribution in [0.3, 0.4) is 0 Å². The van der Waals surface area contributed by atoms with Crippen LogP contribution in [0, 0.1) is 0 Å². The van der Waals surface area contributed by atoms with Crippen LogP contribution in [-0.2, 0) is 0 Å². The zero-order chi connectivity index (χ0) is 8.97. The Morgan fingerprint density at radius 1 is 1.58 bits per heavy atom. The van der Waals surface area contributed by atoms with Crippen LogP contribution in [0.25, 0.3) is 0 Å². The normalized spacial score (nSPS) is 16.0. The lowest BCUT2D eigenvalue weighted by atomic mass is 10.2. The highest BCUT2D eigenvalue weighted by Crippen LogP contribution is 2.07. The highest BCUT2D eigenvalue weighted by molar-refractivity contribution is 5.39. The van der Waals surface area contributed by atoms with Crippen molar-refractivity contribution in [3.05, 3.63) is 48.5 Å². The zero-order valence-electron chi connectivity index (χ0n) is 6.72. The first-order chi connectivity index (χ1) is 5.74. The molecule has 0 aromatic carbocycles. The van der Waals surface area contributed by atoms with Crippen molar-refractivity contribution in [1.29, 1.82) is 0 Å². The molecule has 0 saturated carbocycles. The third kappa shape index (κ3) is 1.90. The first-order valence-corrected chi connectivity index (χ1v) is 3.49. The number of nitrogens with two attached hydrogens (primary N) is 1. The van der Waals surface area contributed by atoms with E-state index in [9.17, 15) is 0 Å². The summed E-state index contributed by atoms with van der Waals surface area (Å²) in [5.41, 5.74) is 16.1.